The predicted octanol–water partition coefficient (Wildman–Crippen LogP) is 4.40. The van der Waals surface area contributed by atoms with Crippen molar-refractivity contribution in [3.05, 3.63) is 29.8 Å². The summed E-state index contributed by atoms with van der Waals surface area (Å²) in [6, 6.07) is 7.34. The monoisotopic (exact) mass is 443 g/mol. The average Bonchev–Trinajstić information content (AvgIpc) is 2.38. The van der Waals surface area contributed by atoms with Crippen LogP contribution in [0.25, 0.3) is 0 Å². The Morgan fingerprint density at radius 1 is 1.28 bits per heavy atom. The first kappa shape index (κ1) is 17.9. The molecule has 0 fully saturated rings. The fourth-order valence-electron chi connectivity index (χ4n) is 1.21. The number of nitrogens with one attached hydrogen (secondary N) is 1. The standard InChI is InChI=1S/C11H14BrNO2.CH2Br2/c1-2-15-11(14)9-5-3-4-6-10(9)13-8-7-12;2-1-3/h3-6,13H,2,7-8H2,1H3;1H2. The van der Waals surface area contributed by atoms with Crippen molar-refractivity contribution in [3.8, 4) is 0 Å². The third-order valence-electron chi connectivity index (χ3n) is 1.83. The summed E-state index contributed by atoms with van der Waals surface area (Å²) in [5.74, 6) is -0.282. The van der Waals surface area contributed by atoms with Crippen molar-refractivity contribution in [2.75, 3.05) is 28.0 Å². The summed E-state index contributed by atoms with van der Waals surface area (Å²) in [5, 5.41) is 3.99. The summed E-state index contributed by atoms with van der Waals surface area (Å²) in [6.07, 6.45) is 0. The van der Waals surface area contributed by atoms with Gasteiger partial charge in [0.25, 0.3) is 0 Å². The average molecular weight is 446 g/mol. The molecule has 102 valence electrons. The van der Waals surface area contributed by atoms with Crippen LogP contribution < -0.4 is 5.32 Å². The largest absolute Gasteiger partial charge is 0.462 e. The number of anilines is 1. The highest BCUT2D eigenvalue weighted by Crippen LogP contribution is 2.15. The lowest BCUT2D eigenvalue weighted by Gasteiger charge is -2.09. The summed E-state index contributed by atoms with van der Waals surface area (Å²) >= 11 is 9.45. The molecule has 0 atom stereocenters. The van der Waals surface area contributed by atoms with Gasteiger partial charge in [0.15, 0.2) is 0 Å². The maximum atomic E-state index is 11.6. The number of hydrogen-bond donors (Lipinski definition) is 1. The Balaban J connectivity index is 0.000000873. The fraction of sp³-hybridized carbons (Fsp3) is 0.417. The highest BCUT2D eigenvalue weighted by molar-refractivity contribution is 9.24. The van der Waals surface area contributed by atoms with Crippen LogP contribution in [0.4, 0.5) is 5.69 Å². The van der Waals surface area contributed by atoms with Crippen LogP contribution in [0.15, 0.2) is 24.3 Å². The van der Waals surface area contributed by atoms with E-state index in [-0.39, 0.29) is 5.97 Å². The lowest BCUT2D eigenvalue weighted by Crippen LogP contribution is -2.10. The molecule has 0 spiro atoms. The number of ether oxygens (including phenoxy) is 1. The molecule has 18 heavy (non-hydrogen) atoms. The summed E-state index contributed by atoms with van der Waals surface area (Å²) in [5.41, 5.74) is 1.40. The van der Waals surface area contributed by atoms with E-state index >= 15 is 0 Å². The molecule has 0 radical (unpaired) electrons. The molecule has 3 nitrogen and oxygen atoms in total. The first-order valence-electron chi connectivity index (χ1n) is 5.39. The van der Waals surface area contributed by atoms with Crippen LogP contribution in [0.1, 0.15) is 17.3 Å². The quantitative estimate of drug-likeness (QED) is 0.539. The Bertz CT molecular complexity index is 348. The van der Waals surface area contributed by atoms with Crippen molar-refractivity contribution < 1.29 is 9.53 Å². The van der Waals surface area contributed by atoms with Crippen molar-refractivity contribution in [3.63, 3.8) is 0 Å². The predicted molar refractivity (Wildman–Crippen MR) is 87.4 cm³/mol. The van der Waals surface area contributed by atoms with Crippen molar-refractivity contribution in [1.29, 1.82) is 0 Å². The highest BCUT2D eigenvalue weighted by Gasteiger charge is 2.10. The first-order chi connectivity index (χ1) is 8.71. The highest BCUT2D eigenvalue weighted by atomic mass is 79.9. The smallest absolute Gasteiger partial charge is 0.340 e. The molecule has 0 aliphatic carbocycles. The maximum Gasteiger partial charge on any atom is 0.340 e. The first-order valence-corrected chi connectivity index (χ1v) is 8.75. The van der Waals surface area contributed by atoms with Crippen molar-refractivity contribution in [2.24, 2.45) is 0 Å². The summed E-state index contributed by atoms with van der Waals surface area (Å²) in [4.78, 5) is 11.6. The van der Waals surface area contributed by atoms with Gasteiger partial charge in [-0.25, -0.2) is 4.79 Å². The molecule has 0 aromatic heterocycles. The topological polar surface area (TPSA) is 38.3 Å². The van der Waals surface area contributed by atoms with E-state index in [2.05, 4.69) is 53.1 Å². The zero-order chi connectivity index (χ0) is 13.8. The Hall–Kier alpha value is -0.0700. The van der Waals surface area contributed by atoms with Gasteiger partial charge in [-0.05, 0) is 19.1 Å². The van der Waals surface area contributed by atoms with E-state index in [1.165, 1.54) is 0 Å². The van der Waals surface area contributed by atoms with Crippen LogP contribution in [0.2, 0.25) is 0 Å². The molecule has 0 amide bonds. The number of esters is 1. The Labute approximate surface area is 133 Å². The Kier molecular flexibility index (Phi) is 11.9. The minimum Gasteiger partial charge on any atom is -0.462 e. The molecule has 0 aliphatic rings. The number of alkyl halides is 3. The van der Waals surface area contributed by atoms with E-state index < -0.39 is 0 Å². The van der Waals surface area contributed by atoms with Gasteiger partial charge >= 0.3 is 5.97 Å². The Morgan fingerprint density at radius 3 is 2.44 bits per heavy atom. The van der Waals surface area contributed by atoms with Gasteiger partial charge < -0.3 is 10.1 Å². The van der Waals surface area contributed by atoms with Gasteiger partial charge in [0.2, 0.25) is 0 Å². The summed E-state index contributed by atoms with van der Waals surface area (Å²) < 4.78 is 5.83. The normalized spacial score (nSPS) is 9.11. The minimum absolute atomic E-state index is 0.282. The number of benzene rings is 1. The zero-order valence-electron chi connectivity index (χ0n) is 10.1. The zero-order valence-corrected chi connectivity index (χ0v) is 14.8. The molecule has 0 unspecified atom stereocenters. The van der Waals surface area contributed by atoms with E-state index in [1.807, 2.05) is 18.2 Å². The summed E-state index contributed by atoms with van der Waals surface area (Å²) in [6.45, 7) is 2.97. The number of carbonyl (C=O) groups excluding carboxylic acids is 1. The molecule has 0 aliphatic heterocycles. The SMILES string of the molecule is BrCBr.CCOC(=O)c1ccccc1NCCBr. The van der Waals surface area contributed by atoms with Crippen molar-refractivity contribution in [1.82, 2.24) is 0 Å². The molecule has 6 heteroatoms. The second kappa shape index (κ2) is 12.0. The number of carbonyl (C=O) groups is 1. The summed E-state index contributed by atoms with van der Waals surface area (Å²) in [7, 11) is 0. The maximum absolute atomic E-state index is 11.6. The van der Waals surface area contributed by atoms with Gasteiger partial charge in [0.1, 0.15) is 0 Å². The van der Waals surface area contributed by atoms with E-state index in [1.54, 1.807) is 13.0 Å². The van der Waals surface area contributed by atoms with Crippen molar-refractivity contribution >= 4 is 59.4 Å². The second-order valence-corrected chi connectivity index (χ2v) is 6.40. The van der Waals surface area contributed by atoms with Gasteiger partial charge in [-0.1, -0.05) is 59.9 Å². The van der Waals surface area contributed by atoms with E-state index in [0.29, 0.717) is 12.2 Å². The van der Waals surface area contributed by atoms with Crippen LogP contribution in [0.5, 0.6) is 0 Å². The fourth-order valence-corrected chi connectivity index (χ4v) is 1.40. The number of rotatable bonds is 5. The third kappa shape index (κ3) is 7.38. The molecular formula is C12H16Br3NO2. The lowest BCUT2D eigenvalue weighted by molar-refractivity contribution is 0.0527. The third-order valence-corrected chi connectivity index (χ3v) is 2.23. The Morgan fingerprint density at radius 2 is 1.89 bits per heavy atom. The van der Waals surface area contributed by atoms with Crippen LogP contribution in [0, 0.1) is 0 Å². The molecule has 1 aromatic carbocycles. The molecular weight excluding hydrogens is 430 g/mol. The van der Waals surface area contributed by atoms with E-state index in [0.717, 1.165) is 21.8 Å². The molecule has 0 bridgehead atoms. The van der Waals surface area contributed by atoms with Gasteiger partial charge in [-0.3, -0.25) is 0 Å². The van der Waals surface area contributed by atoms with E-state index in [4.69, 9.17) is 4.74 Å². The number of hydrogen-bond acceptors (Lipinski definition) is 3. The molecule has 1 N–H and O–H groups in total. The van der Waals surface area contributed by atoms with Crippen LogP contribution in [-0.4, -0.2) is 28.7 Å². The number of halogens is 3. The van der Waals surface area contributed by atoms with Gasteiger partial charge in [0, 0.05) is 17.6 Å². The minimum atomic E-state index is -0.282. The van der Waals surface area contributed by atoms with Gasteiger partial charge in [0.05, 0.1) is 16.4 Å². The van der Waals surface area contributed by atoms with Crippen LogP contribution in [-0.2, 0) is 4.74 Å². The number of para-hydroxylation sites is 1. The van der Waals surface area contributed by atoms with Crippen LogP contribution >= 0.6 is 47.8 Å². The molecule has 0 heterocycles. The van der Waals surface area contributed by atoms with Gasteiger partial charge in [-0.15, -0.1) is 0 Å². The molecule has 0 saturated heterocycles. The van der Waals surface area contributed by atoms with E-state index in [9.17, 15) is 4.79 Å². The molecule has 0 saturated carbocycles. The second-order valence-electron chi connectivity index (χ2n) is 2.98. The van der Waals surface area contributed by atoms with Gasteiger partial charge in [-0.2, -0.15) is 0 Å². The lowest BCUT2D eigenvalue weighted by atomic mass is 10.2. The van der Waals surface area contributed by atoms with Crippen LogP contribution in [0.3, 0.4) is 0 Å². The van der Waals surface area contributed by atoms with Crippen molar-refractivity contribution in [2.45, 2.75) is 6.92 Å². The molecule has 1 aromatic rings. The molecule has 1 rings (SSSR count).